The molecule has 0 atom stereocenters. The first-order chi connectivity index (χ1) is 12.8. The molecule has 1 heterocycles. The van der Waals surface area contributed by atoms with Crippen LogP contribution in [0.1, 0.15) is 31.9 Å². The van der Waals surface area contributed by atoms with Gasteiger partial charge in [-0.15, -0.1) is 11.3 Å². The van der Waals surface area contributed by atoms with Gasteiger partial charge in [-0.25, -0.2) is 4.98 Å². The third-order valence-electron chi connectivity index (χ3n) is 4.05. The lowest BCUT2D eigenvalue weighted by Crippen LogP contribution is -2.37. The Kier molecular flexibility index (Phi) is 5.87. The Morgan fingerprint density at radius 3 is 2.48 bits per heavy atom. The van der Waals surface area contributed by atoms with Crippen molar-refractivity contribution < 1.29 is 4.79 Å². The molecule has 1 amide bonds. The number of benzene rings is 2. The van der Waals surface area contributed by atoms with E-state index in [1.165, 1.54) is 17.3 Å². The molecule has 0 spiro atoms. The molecule has 0 saturated heterocycles. The Morgan fingerprint density at radius 2 is 1.81 bits per heavy atom. The average Bonchev–Trinajstić information content (AvgIpc) is 3.07. The molecule has 0 saturated carbocycles. The van der Waals surface area contributed by atoms with Gasteiger partial charge in [0.05, 0.1) is 21.7 Å². The van der Waals surface area contributed by atoms with Crippen molar-refractivity contribution in [2.24, 2.45) is 0 Å². The SMILES string of the molecule is C=C(NNC(=O)CSc1nc2ccccc2s1)c1ccc(C(C)(C)C)cc1. The summed E-state index contributed by atoms with van der Waals surface area (Å²) in [5.74, 6) is 0.176. The molecular weight excluding hydrogens is 374 g/mol. The zero-order valence-electron chi connectivity index (χ0n) is 15.7. The molecule has 6 heteroatoms. The number of nitrogens with one attached hydrogen (secondary N) is 2. The van der Waals surface area contributed by atoms with E-state index in [9.17, 15) is 4.79 Å². The Morgan fingerprint density at radius 1 is 1.11 bits per heavy atom. The van der Waals surface area contributed by atoms with Crippen LogP contribution in [0.2, 0.25) is 0 Å². The molecule has 0 bridgehead atoms. The second-order valence-corrected chi connectivity index (χ2v) is 9.47. The number of carbonyl (C=O) groups excluding carboxylic acids is 1. The summed E-state index contributed by atoms with van der Waals surface area (Å²) in [6.07, 6.45) is 0. The van der Waals surface area contributed by atoms with Crippen LogP contribution in [-0.4, -0.2) is 16.6 Å². The second-order valence-electron chi connectivity index (χ2n) is 7.22. The molecule has 0 unspecified atom stereocenters. The van der Waals surface area contributed by atoms with Crippen molar-refractivity contribution >= 4 is 44.9 Å². The molecule has 4 nitrogen and oxygen atoms in total. The average molecular weight is 398 g/mol. The van der Waals surface area contributed by atoms with Crippen LogP contribution in [0.5, 0.6) is 0 Å². The van der Waals surface area contributed by atoms with Gasteiger partial charge in [0.25, 0.3) is 0 Å². The van der Waals surface area contributed by atoms with Gasteiger partial charge in [-0.3, -0.25) is 15.6 Å². The van der Waals surface area contributed by atoms with Crippen LogP contribution in [0, 0.1) is 0 Å². The predicted octanol–water partition coefficient (Wildman–Crippen LogP) is 4.98. The highest BCUT2D eigenvalue weighted by Crippen LogP contribution is 2.29. The monoisotopic (exact) mass is 397 g/mol. The number of rotatable bonds is 6. The highest BCUT2D eigenvalue weighted by molar-refractivity contribution is 8.01. The van der Waals surface area contributed by atoms with Gasteiger partial charge >= 0.3 is 0 Å². The molecule has 0 radical (unpaired) electrons. The van der Waals surface area contributed by atoms with E-state index in [1.807, 2.05) is 36.4 Å². The molecule has 1 aromatic heterocycles. The van der Waals surface area contributed by atoms with E-state index in [2.05, 4.69) is 55.3 Å². The number of para-hydroxylation sites is 1. The molecule has 0 aliphatic heterocycles. The predicted molar refractivity (Wildman–Crippen MR) is 116 cm³/mol. The number of nitrogens with zero attached hydrogens (tertiary/aromatic N) is 1. The van der Waals surface area contributed by atoms with E-state index in [4.69, 9.17) is 0 Å². The Hall–Kier alpha value is -2.31. The molecule has 27 heavy (non-hydrogen) atoms. The van der Waals surface area contributed by atoms with Crippen molar-refractivity contribution in [3.05, 3.63) is 66.2 Å². The quantitative estimate of drug-likeness (QED) is 0.455. The van der Waals surface area contributed by atoms with Gasteiger partial charge in [-0.2, -0.15) is 0 Å². The van der Waals surface area contributed by atoms with Crippen molar-refractivity contribution in [1.29, 1.82) is 0 Å². The lowest BCUT2D eigenvalue weighted by atomic mass is 9.86. The van der Waals surface area contributed by atoms with Gasteiger partial charge in [0.2, 0.25) is 5.91 Å². The highest BCUT2D eigenvalue weighted by atomic mass is 32.2. The fraction of sp³-hybridized carbons (Fsp3) is 0.238. The lowest BCUT2D eigenvalue weighted by molar-refractivity contribution is -0.119. The highest BCUT2D eigenvalue weighted by Gasteiger charge is 2.13. The number of aromatic nitrogens is 1. The van der Waals surface area contributed by atoms with Crippen LogP contribution >= 0.6 is 23.1 Å². The van der Waals surface area contributed by atoms with Crippen molar-refractivity contribution in [3.63, 3.8) is 0 Å². The van der Waals surface area contributed by atoms with Crippen LogP contribution in [0.25, 0.3) is 15.9 Å². The first-order valence-corrected chi connectivity index (χ1v) is 10.5. The summed E-state index contributed by atoms with van der Waals surface area (Å²) in [6, 6.07) is 16.2. The van der Waals surface area contributed by atoms with E-state index < -0.39 is 0 Å². The number of hydrogen-bond acceptors (Lipinski definition) is 5. The minimum atomic E-state index is -0.119. The molecule has 0 aliphatic rings. The summed E-state index contributed by atoms with van der Waals surface area (Å²) < 4.78 is 2.02. The minimum Gasteiger partial charge on any atom is -0.299 e. The zero-order chi connectivity index (χ0) is 19.4. The van der Waals surface area contributed by atoms with E-state index in [1.54, 1.807) is 11.3 Å². The maximum Gasteiger partial charge on any atom is 0.248 e. The molecular formula is C21H23N3OS2. The molecule has 2 N–H and O–H groups in total. The smallest absolute Gasteiger partial charge is 0.248 e. The van der Waals surface area contributed by atoms with E-state index in [-0.39, 0.29) is 11.3 Å². The first kappa shape index (κ1) is 19.5. The molecule has 2 aromatic carbocycles. The minimum absolute atomic E-state index is 0.110. The van der Waals surface area contributed by atoms with Crippen molar-refractivity contribution in [3.8, 4) is 0 Å². The van der Waals surface area contributed by atoms with Crippen molar-refractivity contribution in [2.75, 3.05) is 5.75 Å². The summed E-state index contributed by atoms with van der Waals surface area (Å²) in [4.78, 5) is 16.6. The van der Waals surface area contributed by atoms with Crippen LogP contribution in [-0.2, 0) is 10.2 Å². The largest absolute Gasteiger partial charge is 0.299 e. The van der Waals surface area contributed by atoms with Crippen LogP contribution in [0.4, 0.5) is 0 Å². The Labute approximate surface area is 168 Å². The number of fused-ring (bicyclic) bond motifs is 1. The van der Waals surface area contributed by atoms with Gasteiger partial charge in [0, 0.05) is 0 Å². The molecule has 3 aromatic rings. The molecule has 3 rings (SSSR count). The third-order valence-corrected chi connectivity index (χ3v) is 6.23. The standard InChI is InChI=1S/C21H23N3OS2/c1-14(15-9-11-16(12-10-15)21(2,3)4)23-24-19(25)13-26-20-22-17-7-5-6-8-18(17)27-20/h5-12,23H,1,13H2,2-4H3,(H,24,25). The number of thioether (sulfide) groups is 1. The van der Waals surface area contributed by atoms with Gasteiger partial charge < -0.3 is 0 Å². The summed E-state index contributed by atoms with van der Waals surface area (Å²) >= 11 is 3.03. The van der Waals surface area contributed by atoms with E-state index in [0.717, 1.165) is 20.1 Å². The zero-order valence-corrected chi connectivity index (χ0v) is 17.3. The fourth-order valence-electron chi connectivity index (χ4n) is 2.46. The van der Waals surface area contributed by atoms with Gasteiger partial charge in [-0.05, 0) is 28.7 Å². The van der Waals surface area contributed by atoms with Crippen LogP contribution < -0.4 is 10.9 Å². The number of amides is 1. The third kappa shape index (κ3) is 5.11. The van der Waals surface area contributed by atoms with Crippen molar-refractivity contribution in [2.45, 2.75) is 30.5 Å². The van der Waals surface area contributed by atoms with Gasteiger partial charge in [0.1, 0.15) is 0 Å². The number of hydrogen-bond donors (Lipinski definition) is 2. The van der Waals surface area contributed by atoms with E-state index in [0.29, 0.717) is 11.4 Å². The summed E-state index contributed by atoms with van der Waals surface area (Å²) in [7, 11) is 0. The van der Waals surface area contributed by atoms with Crippen LogP contribution in [0.3, 0.4) is 0 Å². The first-order valence-electron chi connectivity index (χ1n) is 8.66. The maximum absolute atomic E-state index is 12.1. The van der Waals surface area contributed by atoms with Gasteiger partial charge in [0.15, 0.2) is 4.34 Å². The summed E-state index contributed by atoms with van der Waals surface area (Å²) in [5.41, 5.74) is 9.54. The lowest BCUT2D eigenvalue weighted by Gasteiger charge is -2.19. The van der Waals surface area contributed by atoms with E-state index >= 15 is 0 Å². The number of thiazole rings is 1. The number of carbonyl (C=O) groups is 1. The van der Waals surface area contributed by atoms with Gasteiger partial charge in [-0.1, -0.05) is 75.5 Å². The number of hydrazine groups is 1. The van der Waals surface area contributed by atoms with Crippen LogP contribution in [0.15, 0.2) is 59.4 Å². The fourth-order valence-corrected chi connectivity index (χ4v) is 4.33. The maximum atomic E-state index is 12.1. The normalized spacial score (nSPS) is 11.4. The molecule has 0 aliphatic carbocycles. The summed E-state index contributed by atoms with van der Waals surface area (Å²) in [6.45, 7) is 10.5. The Balaban J connectivity index is 1.49. The second kappa shape index (κ2) is 8.15. The summed E-state index contributed by atoms with van der Waals surface area (Å²) in [5, 5.41) is 0. The molecule has 140 valence electrons. The van der Waals surface area contributed by atoms with Crippen molar-refractivity contribution in [1.82, 2.24) is 15.8 Å². The topological polar surface area (TPSA) is 54.0 Å². The Bertz CT molecular complexity index is 922. The molecule has 0 fully saturated rings.